The Hall–Kier alpha value is 0.270. The molecule has 0 aromatic heterocycles. The van der Waals surface area contributed by atoms with Gasteiger partial charge in [-0.05, 0) is 54.7 Å². The summed E-state index contributed by atoms with van der Waals surface area (Å²) in [6.07, 6.45) is 33.9. The zero-order chi connectivity index (χ0) is 28.1. The van der Waals surface area contributed by atoms with Crippen LogP contribution in [0.5, 0.6) is 0 Å². The summed E-state index contributed by atoms with van der Waals surface area (Å²) in [5, 5.41) is 0. The van der Waals surface area contributed by atoms with E-state index in [1.165, 1.54) is 186 Å². The standard InChI is InChI=1S/C36H66S3/c1-4-7-10-13-16-19-22-25-28-37-34-31-35(38-29-26-23-20-17-14-11-8-5-2)33-36(32-34)39-30-27-24-21-18-15-12-9-6-3/h31-33H,4-30H2,1-3H3. The highest BCUT2D eigenvalue weighted by Gasteiger charge is 2.05. The Morgan fingerprint density at radius 1 is 0.308 bits per heavy atom. The van der Waals surface area contributed by atoms with E-state index in [4.69, 9.17) is 0 Å². The highest BCUT2D eigenvalue weighted by atomic mass is 32.2. The van der Waals surface area contributed by atoms with Gasteiger partial charge in [0.15, 0.2) is 0 Å². The summed E-state index contributed by atoms with van der Waals surface area (Å²) in [6, 6.07) is 7.47. The molecule has 0 atom stereocenters. The van der Waals surface area contributed by atoms with E-state index >= 15 is 0 Å². The Balaban J connectivity index is 2.38. The number of benzene rings is 1. The molecule has 3 heteroatoms. The van der Waals surface area contributed by atoms with E-state index < -0.39 is 0 Å². The maximum atomic E-state index is 2.49. The van der Waals surface area contributed by atoms with Crippen molar-refractivity contribution in [1.29, 1.82) is 0 Å². The summed E-state index contributed by atoms with van der Waals surface area (Å²) in [4.78, 5) is 4.53. The third-order valence-corrected chi connectivity index (χ3v) is 10.8. The summed E-state index contributed by atoms with van der Waals surface area (Å²) < 4.78 is 0. The van der Waals surface area contributed by atoms with Gasteiger partial charge in [-0.15, -0.1) is 35.3 Å². The molecule has 0 aliphatic rings. The molecule has 0 radical (unpaired) electrons. The van der Waals surface area contributed by atoms with E-state index in [0.717, 1.165) is 0 Å². The van der Waals surface area contributed by atoms with Gasteiger partial charge in [0.25, 0.3) is 0 Å². The van der Waals surface area contributed by atoms with E-state index in [0.29, 0.717) is 0 Å². The summed E-state index contributed by atoms with van der Waals surface area (Å²) in [6.45, 7) is 6.92. The van der Waals surface area contributed by atoms with Crippen LogP contribution in [0.4, 0.5) is 0 Å². The van der Waals surface area contributed by atoms with Crippen LogP contribution >= 0.6 is 35.3 Å². The molecule has 0 fully saturated rings. The fourth-order valence-corrected chi connectivity index (χ4v) is 8.31. The summed E-state index contributed by atoms with van der Waals surface area (Å²) in [5.41, 5.74) is 0. The predicted octanol–water partition coefficient (Wildman–Crippen LogP) is 14.4. The first-order valence-electron chi connectivity index (χ1n) is 17.3. The monoisotopic (exact) mass is 594 g/mol. The maximum absolute atomic E-state index is 2.49. The Kier molecular flexibility index (Phi) is 28.5. The molecule has 0 aliphatic carbocycles. The molecule has 0 heterocycles. The van der Waals surface area contributed by atoms with Crippen LogP contribution < -0.4 is 0 Å². The molecule has 1 aromatic carbocycles. The molecule has 0 nitrogen and oxygen atoms in total. The van der Waals surface area contributed by atoms with Gasteiger partial charge >= 0.3 is 0 Å². The van der Waals surface area contributed by atoms with Gasteiger partial charge in [-0.2, -0.15) is 0 Å². The lowest BCUT2D eigenvalue weighted by Gasteiger charge is -2.10. The second-order valence-corrected chi connectivity index (χ2v) is 15.1. The number of hydrogen-bond acceptors (Lipinski definition) is 3. The van der Waals surface area contributed by atoms with Crippen LogP contribution in [0.25, 0.3) is 0 Å². The minimum Gasteiger partial charge on any atom is -0.126 e. The first kappa shape index (κ1) is 37.3. The van der Waals surface area contributed by atoms with Crippen molar-refractivity contribution in [1.82, 2.24) is 0 Å². The van der Waals surface area contributed by atoms with Gasteiger partial charge in [-0.25, -0.2) is 0 Å². The average molecular weight is 595 g/mol. The zero-order valence-electron chi connectivity index (χ0n) is 26.5. The first-order valence-corrected chi connectivity index (χ1v) is 20.3. The molecule has 0 bridgehead atoms. The van der Waals surface area contributed by atoms with Crippen LogP contribution in [0.2, 0.25) is 0 Å². The lowest BCUT2D eigenvalue weighted by atomic mass is 10.1. The largest absolute Gasteiger partial charge is 0.126 e. The highest BCUT2D eigenvalue weighted by Crippen LogP contribution is 2.33. The third-order valence-electron chi connectivity index (χ3n) is 7.65. The van der Waals surface area contributed by atoms with Crippen LogP contribution in [0, 0.1) is 0 Å². The van der Waals surface area contributed by atoms with Crippen molar-refractivity contribution in [3.63, 3.8) is 0 Å². The predicted molar refractivity (Wildman–Crippen MR) is 186 cm³/mol. The average Bonchev–Trinajstić information content (AvgIpc) is 2.94. The van der Waals surface area contributed by atoms with Crippen LogP contribution in [-0.4, -0.2) is 17.3 Å². The van der Waals surface area contributed by atoms with E-state index in [2.05, 4.69) is 74.3 Å². The van der Waals surface area contributed by atoms with Gasteiger partial charge in [0.1, 0.15) is 0 Å². The van der Waals surface area contributed by atoms with Crippen LogP contribution in [-0.2, 0) is 0 Å². The molecule has 0 unspecified atom stereocenters. The first-order chi connectivity index (χ1) is 19.3. The van der Waals surface area contributed by atoms with Gasteiger partial charge in [0.05, 0.1) is 0 Å². The fourth-order valence-electron chi connectivity index (χ4n) is 5.07. The molecule has 0 amide bonds. The SMILES string of the molecule is CCCCCCCCCCSc1cc(SCCCCCCCCCC)cc(SCCCCCCCCCC)c1. The van der Waals surface area contributed by atoms with Crippen LogP contribution in [0.3, 0.4) is 0 Å². The lowest BCUT2D eigenvalue weighted by Crippen LogP contribution is -1.88. The Morgan fingerprint density at radius 3 is 0.744 bits per heavy atom. The van der Waals surface area contributed by atoms with Gasteiger partial charge in [-0.1, -0.05) is 156 Å². The molecular weight excluding hydrogens is 529 g/mol. The molecule has 0 N–H and O–H groups in total. The molecule has 0 saturated carbocycles. The van der Waals surface area contributed by atoms with E-state index in [9.17, 15) is 0 Å². The van der Waals surface area contributed by atoms with Crippen molar-refractivity contribution in [2.24, 2.45) is 0 Å². The smallest absolute Gasteiger partial charge is 0.00942 e. The lowest BCUT2D eigenvalue weighted by molar-refractivity contribution is 0.586. The van der Waals surface area contributed by atoms with E-state index in [1.807, 2.05) is 0 Å². The Labute approximate surface area is 259 Å². The van der Waals surface area contributed by atoms with Crippen LogP contribution in [0.1, 0.15) is 175 Å². The minimum absolute atomic E-state index is 1.28. The molecule has 0 aliphatic heterocycles. The van der Waals surface area contributed by atoms with E-state index in [1.54, 1.807) is 0 Å². The normalized spacial score (nSPS) is 11.5. The zero-order valence-corrected chi connectivity index (χ0v) is 29.0. The summed E-state index contributed by atoms with van der Waals surface area (Å²) in [7, 11) is 0. The summed E-state index contributed by atoms with van der Waals surface area (Å²) in [5.74, 6) is 3.84. The second kappa shape index (κ2) is 29.8. The topological polar surface area (TPSA) is 0 Å². The van der Waals surface area contributed by atoms with Gasteiger partial charge in [0.2, 0.25) is 0 Å². The van der Waals surface area contributed by atoms with Crippen molar-refractivity contribution >= 4 is 35.3 Å². The van der Waals surface area contributed by atoms with Gasteiger partial charge < -0.3 is 0 Å². The van der Waals surface area contributed by atoms with Crippen molar-refractivity contribution in [3.8, 4) is 0 Å². The molecule has 0 spiro atoms. The van der Waals surface area contributed by atoms with Gasteiger partial charge in [0, 0.05) is 14.7 Å². The highest BCUT2D eigenvalue weighted by molar-refractivity contribution is 8.00. The fraction of sp³-hybridized carbons (Fsp3) is 0.833. The Morgan fingerprint density at radius 2 is 0.513 bits per heavy atom. The van der Waals surface area contributed by atoms with Crippen molar-refractivity contribution in [2.75, 3.05) is 17.3 Å². The molecule has 1 rings (SSSR count). The number of rotatable bonds is 30. The van der Waals surface area contributed by atoms with Crippen LogP contribution in [0.15, 0.2) is 32.9 Å². The van der Waals surface area contributed by atoms with Crippen molar-refractivity contribution < 1.29 is 0 Å². The molecular formula is C36H66S3. The van der Waals surface area contributed by atoms with Crippen molar-refractivity contribution in [2.45, 2.75) is 190 Å². The Bertz CT molecular complexity index is 532. The number of unbranched alkanes of at least 4 members (excludes halogenated alkanes) is 21. The number of thioether (sulfide) groups is 3. The minimum atomic E-state index is 1.28. The quantitative estimate of drug-likeness (QED) is 0.0642. The molecule has 0 saturated heterocycles. The van der Waals surface area contributed by atoms with E-state index in [-0.39, 0.29) is 0 Å². The third kappa shape index (κ3) is 24.6. The van der Waals surface area contributed by atoms with Gasteiger partial charge in [-0.3, -0.25) is 0 Å². The number of hydrogen-bond donors (Lipinski definition) is 0. The molecule has 39 heavy (non-hydrogen) atoms. The molecule has 228 valence electrons. The van der Waals surface area contributed by atoms with Crippen molar-refractivity contribution in [3.05, 3.63) is 18.2 Å². The summed E-state index contributed by atoms with van der Waals surface area (Å²) >= 11 is 6.32. The maximum Gasteiger partial charge on any atom is 0.00942 e. The molecule has 1 aromatic rings. The second-order valence-electron chi connectivity index (χ2n) is 11.6.